The molecule has 21 heavy (non-hydrogen) atoms. The normalized spacial score (nSPS) is 21.7. The molecule has 0 N–H and O–H groups in total. The van der Waals surface area contributed by atoms with Gasteiger partial charge in [0.1, 0.15) is 5.76 Å². The highest BCUT2D eigenvalue weighted by Crippen LogP contribution is 2.51. The summed E-state index contributed by atoms with van der Waals surface area (Å²) < 4.78 is 28.5. The second kappa shape index (κ2) is 11.3. The van der Waals surface area contributed by atoms with E-state index in [9.17, 15) is 4.57 Å². The maximum Gasteiger partial charge on any atom is 0.529 e. The second-order valence-corrected chi connectivity index (χ2v) is 7.00. The molecule has 0 aliphatic heterocycles. The van der Waals surface area contributed by atoms with Crippen molar-refractivity contribution in [2.24, 2.45) is 0 Å². The molecule has 1 aliphatic carbocycles. The molecule has 0 aromatic carbocycles. The van der Waals surface area contributed by atoms with Crippen LogP contribution in [0.15, 0.2) is 11.8 Å². The molecule has 0 atom stereocenters. The Balaban J connectivity index is 2.62. The van der Waals surface area contributed by atoms with E-state index in [1.807, 2.05) is 0 Å². The zero-order chi connectivity index (χ0) is 15.4. The Morgan fingerprint density at radius 1 is 0.905 bits per heavy atom. The Hall–Kier alpha value is -0.310. The van der Waals surface area contributed by atoms with Crippen LogP contribution < -0.4 is 0 Å². The summed E-state index contributed by atoms with van der Waals surface area (Å²) in [5, 5.41) is 0. The van der Waals surface area contributed by atoms with E-state index in [0.29, 0.717) is 13.2 Å². The molecular weight excluding hydrogens is 287 g/mol. The fraction of sp³-hybridized carbons (Fsp3) is 0.875. The average Bonchev–Trinajstić information content (AvgIpc) is 2.42. The van der Waals surface area contributed by atoms with Crippen LogP contribution in [0.3, 0.4) is 0 Å². The van der Waals surface area contributed by atoms with Gasteiger partial charge in [0, 0.05) is 6.42 Å². The average molecular weight is 318 g/mol. The number of phosphoric ester groups is 1. The van der Waals surface area contributed by atoms with Gasteiger partial charge in [0.05, 0.1) is 13.2 Å². The number of rotatable bonds is 6. The summed E-state index contributed by atoms with van der Waals surface area (Å²) in [5.41, 5.74) is 0. The zero-order valence-corrected chi connectivity index (χ0v) is 14.5. The van der Waals surface area contributed by atoms with Crippen molar-refractivity contribution in [1.82, 2.24) is 0 Å². The second-order valence-electron chi connectivity index (χ2n) is 5.41. The standard InChI is InChI=1S/C16H31O4P/c1-3-18-21(17,19-4-2)20-16-14-12-10-8-6-5-7-9-11-13-15-16/h14H,3-13,15H2,1-2H3/b16-14+. The van der Waals surface area contributed by atoms with E-state index in [0.717, 1.165) is 25.0 Å². The van der Waals surface area contributed by atoms with Crippen molar-refractivity contribution in [3.8, 4) is 0 Å². The molecule has 0 fully saturated rings. The highest BCUT2D eigenvalue weighted by Gasteiger charge is 2.27. The van der Waals surface area contributed by atoms with Crippen molar-refractivity contribution in [3.05, 3.63) is 11.8 Å². The topological polar surface area (TPSA) is 44.8 Å². The van der Waals surface area contributed by atoms with Crippen molar-refractivity contribution in [2.45, 2.75) is 78.1 Å². The third-order valence-corrected chi connectivity index (χ3v) is 5.16. The lowest BCUT2D eigenvalue weighted by Gasteiger charge is -2.19. The lowest BCUT2D eigenvalue weighted by Crippen LogP contribution is -2.01. The molecule has 0 saturated heterocycles. The lowest BCUT2D eigenvalue weighted by atomic mass is 10.0. The molecular formula is C16H31O4P. The summed E-state index contributed by atoms with van der Waals surface area (Å²) in [6.45, 7) is 4.24. The number of phosphoric acid groups is 1. The summed E-state index contributed by atoms with van der Waals surface area (Å²) in [6, 6.07) is 0. The van der Waals surface area contributed by atoms with Gasteiger partial charge in [-0.25, -0.2) is 4.57 Å². The Morgan fingerprint density at radius 3 is 2.00 bits per heavy atom. The molecule has 0 amide bonds. The van der Waals surface area contributed by atoms with Gasteiger partial charge in [0.25, 0.3) is 0 Å². The first-order valence-electron chi connectivity index (χ1n) is 8.48. The van der Waals surface area contributed by atoms with Crippen LogP contribution in [0.1, 0.15) is 78.1 Å². The van der Waals surface area contributed by atoms with Crippen molar-refractivity contribution >= 4 is 7.82 Å². The predicted octanol–water partition coefficient (Wildman–Crippen LogP) is 5.98. The number of hydrogen-bond acceptors (Lipinski definition) is 4. The monoisotopic (exact) mass is 318 g/mol. The van der Waals surface area contributed by atoms with Gasteiger partial charge >= 0.3 is 7.82 Å². The largest absolute Gasteiger partial charge is 0.529 e. The summed E-state index contributed by atoms with van der Waals surface area (Å²) in [7, 11) is -3.43. The SMILES string of the molecule is CCOP(=O)(OCC)O/C1=C/CCCCCCCCCC1. The quantitative estimate of drug-likeness (QED) is 0.565. The van der Waals surface area contributed by atoms with E-state index in [2.05, 4.69) is 6.08 Å². The molecule has 0 bridgehead atoms. The Morgan fingerprint density at radius 2 is 1.43 bits per heavy atom. The van der Waals surface area contributed by atoms with Gasteiger partial charge in [-0.1, -0.05) is 38.5 Å². The van der Waals surface area contributed by atoms with Crippen LogP contribution in [0.5, 0.6) is 0 Å². The van der Waals surface area contributed by atoms with Gasteiger partial charge < -0.3 is 4.52 Å². The van der Waals surface area contributed by atoms with E-state index in [-0.39, 0.29) is 0 Å². The molecule has 4 nitrogen and oxygen atoms in total. The summed E-state index contributed by atoms with van der Waals surface area (Å²) >= 11 is 0. The van der Waals surface area contributed by atoms with Crippen molar-refractivity contribution in [3.63, 3.8) is 0 Å². The summed E-state index contributed by atoms with van der Waals surface area (Å²) in [5.74, 6) is 0.779. The Kier molecular flexibility index (Phi) is 10.1. The van der Waals surface area contributed by atoms with E-state index in [1.54, 1.807) is 13.8 Å². The van der Waals surface area contributed by atoms with Gasteiger partial charge in [0.2, 0.25) is 0 Å². The number of hydrogen-bond donors (Lipinski definition) is 0. The molecule has 1 aliphatic rings. The maximum absolute atomic E-state index is 12.4. The minimum atomic E-state index is -3.43. The highest BCUT2D eigenvalue weighted by atomic mass is 31.2. The van der Waals surface area contributed by atoms with E-state index >= 15 is 0 Å². The molecule has 0 radical (unpaired) electrons. The third kappa shape index (κ3) is 8.65. The van der Waals surface area contributed by atoms with E-state index in [4.69, 9.17) is 13.6 Å². The maximum atomic E-state index is 12.4. The fourth-order valence-corrected chi connectivity index (χ4v) is 3.77. The molecule has 0 aromatic rings. The molecule has 5 heteroatoms. The fourth-order valence-electron chi connectivity index (χ4n) is 2.50. The molecule has 1 rings (SSSR count). The molecule has 124 valence electrons. The van der Waals surface area contributed by atoms with Crippen LogP contribution >= 0.6 is 7.82 Å². The van der Waals surface area contributed by atoms with Crippen molar-refractivity contribution in [1.29, 1.82) is 0 Å². The molecule has 0 unspecified atom stereocenters. The van der Waals surface area contributed by atoms with Gasteiger partial charge in [0.15, 0.2) is 0 Å². The highest BCUT2D eigenvalue weighted by molar-refractivity contribution is 7.48. The number of allylic oxidation sites excluding steroid dienone is 2. The Labute approximate surface area is 129 Å². The van der Waals surface area contributed by atoms with E-state index < -0.39 is 7.82 Å². The smallest absolute Gasteiger partial charge is 0.409 e. The molecule has 0 spiro atoms. The summed E-state index contributed by atoms with van der Waals surface area (Å²) in [4.78, 5) is 0. The van der Waals surface area contributed by atoms with Crippen LogP contribution in [0, 0.1) is 0 Å². The molecule has 0 heterocycles. The van der Waals surface area contributed by atoms with Crippen LogP contribution in [0.2, 0.25) is 0 Å². The van der Waals surface area contributed by atoms with Crippen molar-refractivity contribution < 1.29 is 18.1 Å². The van der Waals surface area contributed by atoms with Gasteiger partial charge in [-0.05, 0) is 39.2 Å². The minimum Gasteiger partial charge on any atom is -0.409 e. The van der Waals surface area contributed by atoms with Crippen LogP contribution in [-0.4, -0.2) is 13.2 Å². The Bertz CT molecular complexity index is 331. The third-order valence-electron chi connectivity index (χ3n) is 3.55. The minimum absolute atomic E-state index is 0.324. The molecule has 0 saturated carbocycles. The van der Waals surface area contributed by atoms with Crippen LogP contribution in [0.4, 0.5) is 0 Å². The van der Waals surface area contributed by atoms with Gasteiger partial charge in [-0.3, -0.25) is 9.05 Å². The van der Waals surface area contributed by atoms with E-state index in [1.165, 1.54) is 44.9 Å². The summed E-state index contributed by atoms with van der Waals surface area (Å²) in [6.07, 6.45) is 13.9. The van der Waals surface area contributed by atoms with Gasteiger partial charge in [-0.15, -0.1) is 0 Å². The molecule has 0 aromatic heterocycles. The zero-order valence-electron chi connectivity index (χ0n) is 13.6. The first kappa shape index (κ1) is 18.7. The van der Waals surface area contributed by atoms with Gasteiger partial charge in [-0.2, -0.15) is 0 Å². The van der Waals surface area contributed by atoms with Crippen molar-refractivity contribution in [2.75, 3.05) is 13.2 Å². The predicted molar refractivity (Wildman–Crippen MR) is 86.2 cm³/mol. The first-order valence-corrected chi connectivity index (χ1v) is 9.94. The first-order chi connectivity index (χ1) is 10.2. The van der Waals surface area contributed by atoms with Crippen LogP contribution in [-0.2, 0) is 18.1 Å². The lowest BCUT2D eigenvalue weighted by molar-refractivity contribution is 0.142. The van der Waals surface area contributed by atoms with Crippen LogP contribution in [0.25, 0.3) is 0 Å².